The Bertz CT molecular complexity index is 436. The Morgan fingerprint density at radius 1 is 1.47 bits per heavy atom. The van der Waals surface area contributed by atoms with E-state index in [1.807, 2.05) is 19.1 Å². The van der Waals surface area contributed by atoms with E-state index < -0.39 is 0 Å². The van der Waals surface area contributed by atoms with E-state index in [9.17, 15) is 4.79 Å². The Labute approximate surface area is 115 Å². The lowest BCUT2D eigenvalue weighted by Gasteiger charge is -2.22. The highest BCUT2D eigenvalue weighted by atomic mass is 16.5. The van der Waals surface area contributed by atoms with Crippen LogP contribution in [0, 0.1) is 12.8 Å². The highest BCUT2D eigenvalue weighted by Gasteiger charge is 2.17. The van der Waals surface area contributed by atoms with Gasteiger partial charge in [-0.25, -0.2) is 0 Å². The van der Waals surface area contributed by atoms with Gasteiger partial charge >= 0.3 is 0 Å². The van der Waals surface area contributed by atoms with Crippen molar-refractivity contribution in [2.75, 3.05) is 20.2 Å². The molecular formula is C16H23NO2. The second-order valence-corrected chi connectivity index (χ2v) is 5.45. The van der Waals surface area contributed by atoms with Crippen LogP contribution in [0.5, 0.6) is 5.75 Å². The molecule has 0 aliphatic carbocycles. The van der Waals surface area contributed by atoms with Crippen molar-refractivity contribution in [1.29, 1.82) is 0 Å². The summed E-state index contributed by atoms with van der Waals surface area (Å²) in [6, 6.07) is 6.01. The van der Waals surface area contributed by atoms with E-state index in [1.54, 1.807) is 7.11 Å². The number of nitrogens with one attached hydrogen (secondary N) is 1. The van der Waals surface area contributed by atoms with Crippen LogP contribution in [0.2, 0.25) is 0 Å². The Kier molecular flexibility index (Phi) is 4.97. The number of carbonyl (C=O) groups excluding carboxylic acids is 1. The summed E-state index contributed by atoms with van der Waals surface area (Å²) in [5.41, 5.74) is 2.18. The Morgan fingerprint density at radius 2 is 2.32 bits per heavy atom. The monoisotopic (exact) mass is 261 g/mol. The SMILES string of the molecule is COc1ccc(C)cc1CC(=O)CC1CCCNC1. The van der Waals surface area contributed by atoms with Gasteiger partial charge in [0.25, 0.3) is 0 Å². The molecule has 3 heteroatoms. The maximum atomic E-state index is 12.2. The molecule has 0 spiro atoms. The first-order chi connectivity index (χ1) is 9.19. The molecule has 1 aliphatic rings. The molecule has 19 heavy (non-hydrogen) atoms. The first-order valence-corrected chi connectivity index (χ1v) is 7.05. The third-order valence-electron chi connectivity index (χ3n) is 3.74. The van der Waals surface area contributed by atoms with Crippen LogP contribution in [-0.2, 0) is 11.2 Å². The predicted octanol–water partition coefficient (Wildman–Crippen LogP) is 2.50. The molecule has 0 radical (unpaired) electrons. The summed E-state index contributed by atoms with van der Waals surface area (Å²) >= 11 is 0. The van der Waals surface area contributed by atoms with Gasteiger partial charge in [-0.3, -0.25) is 4.79 Å². The third-order valence-corrected chi connectivity index (χ3v) is 3.74. The van der Waals surface area contributed by atoms with Crippen LogP contribution >= 0.6 is 0 Å². The largest absolute Gasteiger partial charge is 0.496 e. The Balaban J connectivity index is 1.95. The fourth-order valence-electron chi connectivity index (χ4n) is 2.75. The number of ketones is 1. The summed E-state index contributed by atoms with van der Waals surface area (Å²) < 4.78 is 5.33. The molecule has 3 nitrogen and oxygen atoms in total. The van der Waals surface area contributed by atoms with Crippen LogP contribution < -0.4 is 10.1 Å². The van der Waals surface area contributed by atoms with E-state index in [4.69, 9.17) is 4.74 Å². The summed E-state index contributed by atoms with van der Waals surface area (Å²) in [6.45, 7) is 4.12. The van der Waals surface area contributed by atoms with E-state index in [-0.39, 0.29) is 0 Å². The molecule has 1 aromatic carbocycles. The first kappa shape index (κ1) is 14.1. The lowest BCUT2D eigenvalue weighted by Crippen LogP contribution is -2.31. The second kappa shape index (κ2) is 6.71. The molecule has 1 aliphatic heterocycles. The lowest BCUT2D eigenvalue weighted by atomic mass is 9.92. The number of hydrogen-bond acceptors (Lipinski definition) is 3. The fourth-order valence-corrected chi connectivity index (χ4v) is 2.75. The van der Waals surface area contributed by atoms with Gasteiger partial charge in [-0.1, -0.05) is 17.7 Å². The number of rotatable bonds is 5. The molecule has 1 heterocycles. The highest BCUT2D eigenvalue weighted by molar-refractivity contribution is 5.81. The molecule has 1 fully saturated rings. The molecule has 1 N–H and O–H groups in total. The molecule has 1 aromatic rings. The van der Waals surface area contributed by atoms with Gasteiger partial charge in [0.05, 0.1) is 7.11 Å². The molecule has 0 saturated carbocycles. The van der Waals surface area contributed by atoms with Crippen molar-refractivity contribution in [3.05, 3.63) is 29.3 Å². The van der Waals surface area contributed by atoms with Crippen molar-refractivity contribution in [2.45, 2.75) is 32.6 Å². The molecule has 1 saturated heterocycles. The van der Waals surface area contributed by atoms with Gasteiger partial charge in [-0.05, 0) is 44.8 Å². The number of piperidine rings is 1. The topological polar surface area (TPSA) is 38.3 Å². The summed E-state index contributed by atoms with van der Waals surface area (Å²) in [7, 11) is 1.66. The van der Waals surface area contributed by atoms with Crippen LogP contribution in [0.1, 0.15) is 30.4 Å². The van der Waals surface area contributed by atoms with Gasteiger partial charge in [-0.15, -0.1) is 0 Å². The minimum atomic E-state index is 0.317. The van der Waals surface area contributed by atoms with Crippen LogP contribution in [0.4, 0.5) is 0 Å². The van der Waals surface area contributed by atoms with Crippen LogP contribution in [0.3, 0.4) is 0 Å². The zero-order valence-corrected chi connectivity index (χ0v) is 11.9. The molecule has 2 rings (SSSR count). The lowest BCUT2D eigenvalue weighted by molar-refractivity contribution is -0.119. The van der Waals surface area contributed by atoms with E-state index in [2.05, 4.69) is 11.4 Å². The maximum absolute atomic E-state index is 12.2. The van der Waals surface area contributed by atoms with Crippen molar-refractivity contribution in [3.8, 4) is 5.75 Å². The fraction of sp³-hybridized carbons (Fsp3) is 0.562. The molecule has 0 aromatic heterocycles. The minimum Gasteiger partial charge on any atom is -0.496 e. The molecule has 0 bridgehead atoms. The van der Waals surface area contributed by atoms with Gasteiger partial charge in [0.1, 0.15) is 11.5 Å². The van der Waals surface area contributed by atoms with Gasteiger partial charge in [-0.2, -0.15) is 0 Å². The van der Waals surface area contributed by atoms with Crippen LogP contribution in [-0.4, -0.2) is 26.0 Å². The standard InChI is InChI=1S/C16H23NO2/c1-12-5-6-16(19-2)14(8-12)10-15(18)9-13-4-3-7-17-11-13/h5-6,8,13,17H,3-4,7,9-11H2,1-2H3. The quantitative estimate of drug-likeness (QED) is 0.885. The number of hydrogen-bond donors (Lipinski definition) is 1. The number of ether oxygens (including phenoxy) is 1. The summed E-state index contributed by atoms with van der Waals surface area (Å²) in [6.07, 6.45) is 3.53. The average Bonchev–Trinajstić information content (AvgIpc) is 2.40. The molecular weight excluding hydrogens is 238 g/mol. The van der Waals surface area contributed by atoms with Crippen molar-refractivity contribution < 1.29 is 9.53 Å². The molecule has 0 amide bonds. The molecule has 1 atom stereocenters. The van der Waals surface area contributed by atoms with Crippen molar-refractivity contribution in [2.24, 2.45) is 5.92 Å². The van der Waals surface area contributed by atoms with Gasteiger partial charge < -0.3 is 10.1 Å². The van der Waals surface area contributed by atoms with E-state index >= 15 is 0 Å². The Hall–Kier alpha value is -1.35. The number of Topliss-reactive ketones (excluding diaryl/α,β-unsaturated/α-hetero) is 1. The highest BCUT2D eigenvalue weighted by Crippen LogP contribution is 2.22. The van der Waals surface area contributed by atoms with Crippen molar-refractivity contribution in [1.82, 2.24) is 5.32 Å². The zero-order valence-electron chi connectivity index (χ0n) is 11.9. The van der Waals surface area contributed by atoms with E-state index in [0.29, 0.717) is 24.5 Å². The first-order valence-electron chi connectivity index (χ1n) is 7.05. The smallest absolute Gasteiger partial charge is 0.137 e. The summed E-state index contributed by atoms with van der Waals surface area (Å²) in [5.74, 6) is 1.65. The summed E-state index contributed by atoms with van der Waals surface area (Å²) in [5, 5.41) is 3.36. The Morgan fingerprint density at radius 3 is 3.00 bits per heavy atom. The van der Waals surface area contributed by atoms with Crippen molar-refractivity contribution >= 4 is 5.78 Å². The van der Waals surface area contributed by atoms with Crippen molar-refractivity contribution in [3.63, 3.8) is 0 Å². The predicted molar refractivity (Wildman–Crippen MR) is 76.7 cm³/mol. The number of carbonyl (C=O) groups is 1. The third kappa shape index (κ3) is 4.06. The number of methoxy groups -OCH3 is 1. The zero-order chi connectivity index (χ0) is 13.7. The molecule has 1 unspecified atom stereocenters. The maximum Gasteiger partial charge on any atom is 0.137 e. The van der Waals surface area contributed by atoms with Gasteiger partial charge in [0.2, 0.25) is 0 Å². The van der Waals surface area contributed by atoms with Gasteiger partial charge in [0.15, 0.2) is 0 Å². The summed E-state index contributed by atoms with van der Waals surface area (Å²) in [4.78, 5) is 12.2. The van der Waals surface area contributed by atoms with E-state index in [1.165, 1.54) is 18.4 Å². The average molecular weight is 261 g/mol. The number of benzene rings is 1. The van der Waals surface area contributed by atoms with Crippen LogP contribution in [0.15, 0.2) is 18.2 Å². The minimum absolute atomic E-state index is 0.317. The van der Waals surface area contributed by atoms with Crippen LogP contribution in [0.25, 0.3) is 0 Å². The van der Waals surface area contributed by atoms with Gasteiger partial charge in [0, 0.05) is 18.4 Å². The second-order valence-electron chi connectivity index (χ2n) is 5.45. The number of aryl methyl sites for hydroxylation is 1. The van der Waals surface area contributed by atoms with E-state index in [0.717, 1.165) is 24.4 Å². The molecule has 104 valence electrons. The normalized spacial score (nSPS) is 19.2.